The highest BCUT2D eigenvalue weighted by atomic mass is 35.5. The normalized spacial score (nSPS) is 13.0. The third-order valence-corrected chi connectivity index (χ3v) is 4.45. The second kappa shape index (κ2) is 7.85. The Hall–Kier alpha value is -2.44. The summed E-state index contributed by atoms with van der Waals surface area (Å²) in [5.74, 6) is -0.175. The Balaban J connectivity index is 1.63. The maximum Gasteiger partial charge on any atom is 0.257 e. The van der Waals surface area contributed by atoms with Gasteiger partial charge in [0.25, 0.3) is 5.91 Å². The van der Waals surface area contributed by atoms with Crippen molar-refractivity contribution < 1.29 is 9.59 Å². The molecule has 0 aromatic heterocycles. The first kappa shape index (κ1) is 18.4. The molecule has 3 rings (SSSR count). The van der Waals surface area contributed by atoms with Crippen LogP contribution in [-0.4, -0.2) is 16.9 Å². The van der Waals surface area contributed by atoms with E-state index in [2.05, 4.69) is 16.0 Å². The SMILES string of the molecule is Cc1ccc(NC(=S)NC(=O)c2cccc(Cl)c2)cc1NC(=O)C1CC1. The van der Waals surface area contributed by atoms with Gasteiger partial charge in [-0.2, -0.15) is 0 Å². The van der Waals surface area contributed by atoms with E-state index in [9.17, 15) is 9.59 Å². The van der Waals surface area contributed by atoms with E-state index in [-0.39, 0.29) is 22.8 Å². The van der Waals surface area contributed by atoms with Crippen LogP contribution in [0, 0.1) is 12.8 Å². The molecule has 0 bridgehead atoms. The van der Waals surface area contributed by atoms with Crippen molar-refractivity contribution in [2.75, 3.05) is 10.6 Å². The molecule has 134 valence electrons. The molecule has 0 heterocycles. The number of hydrogen-bond acceptors (Lipinski definition) is 3. The van der Waals surface area contributed by atoms with Gasteiger partial charge >= 0.3 is 0 Å². The lowest BCUT2D eigenvalue weighted by atomic mass is 10.1. The largest absolute Gasteiger partial charge is 0.332 e. The predicted molar refractivity (Wildman–Crippen MR) is 108 cm³/mol. The van der Waals surface area contributed by atoms with Crippen molar-refractivity contribution in [1.29, 1.82) is 0 Å². The number of hydrogen-bond donors (Lipinski definition) is 3. The molecule has 0 spiro atoms. The van der Waals surface area contributed by atoms with Gasteiger partial charge in [0, 0.05) is 27.9 Å². The van der Waals surface area contributed by atoms with Crippen LogP contribution in [0.3, 0.4) is 0 Å². The molecule has 0 atom stereocenters. The van der Waals surface area contributed by atoms with E-state index in [0.29, 0.717) is 16.3 Å². The third-order valence-electron chi connectivity index (χ3n) is 4.02. The third kappa shape index (κ3) is 4.80. The van der Waals surface area contributed by atoms with Crippen molar-refractivity contribution >= 4 is 52.1 Å². The Labute approximate surface area is 162 Å². The quantitative estimate of drug-likeness (QED) is 0.690. The van der Waals surface area contributed by atoms with Crippen molar-refractivity contribution in [3.05, 3.63) is 58.6 Å². The maximum atomic E-state index is 12.2. The lowest BCUT2D eigenvalue weighted by molar-refractivity contribution is -0.117. The first-order valence-electron chi connectivity index (χ1n) is 8.22. The predicted octanol–water partition coefficient (Wildman–Crippen LogP) is 4.12. The van der Waals surface area contributed by atoms with E-state index in [0.717, 1.165) is 24.1 Å². The van der Waals surface area contributed by atoms with Crippen LogP contribution in [0.2, 0.25) is 5.02 Å². The lowest BCUT2D eigenvalue weighted by Crippen LogP contribution is -2.34. The van der Waals surface area contributed by atoms with Gasteiger partial charge < -0.3 is 10.6 Å². The van der Waals surface area contributed by atoms with E-state index in [1.54, 1.807) is 30.3 Å². The first-order chi connectivity index (χ1) is 12.4. The highest BCUT2D eigenvalue weighted by Gasteiger charge is 2.29. The Kier molecular flexibility index (Phi) is 5.54. The minimum Gasteiger partial charge on any atom is -0.332 e. The zero-order valence-electron chi connectivity index (χ0n) is 14.1. The number of carbonyl (C=O) groups excluding carboxylic acids is 2. The van der Waals surface area contributed by atoms with E-state index in [1.807, 2.05) is 19.1 Å². The van der Waals surface area contributed by atoms with Gasteiger partial charge in [0.1, 0.15) is 0 Å². The molecule has 0 aliphatic heterocycles. The van der Waals surface area contributed by atoms with E-state index < -0.39 is 0 Å². The number of amides is 2. The topological polar surface area (TPSA) is 70.2 Å². The molecule has 0 unspecified atom stereocenters. The fraction of sp³-hybridized carbons (Fsp3) is 0.211. The zero-order chi connectivity index (χ0) is 18.7. The molecular weight excluding hydrogens is 370 g/mol. The van der Waals surface area contributed by atoms with Gasteiger partial charge in [0.15, 0.2) is 5.11 Å². The molecule has 1 saturated carbocycles. The molecule has 2 aromatic rings. The van der Waals surface area contributed by atoms with Gasteiger partial charge in [0.2, 0.25) is 5.91 Å². The van der Waals surface area contributed by atoms with Crippen molar-refractivity contribution in [3.63, 3.8) is 0 Å². The summed E-state index contributed by atoms with van der Waals surface area (Å²) in [5.41, 5.74) is 2.79. The Morgan fingerprint density at radius 1 is 1.12 bits per heavy atom. The fourth-order valence-electron chi connectivity index (χ4n) is 2.38. The number of carbonyl (C=O) groups is 2. The minimum atomic E-state index is -0.348. The average Bonchev–Trinajstić information content (AvgIpc) is 3.43. The molecule has 5 nitrogen and oxygen atoms in total. The van der Waals surface area contributed by atoms with Crippen LogP contribution < -0.4 is 16.0 Å². The molecule has 2 aromatic carbocycles. The van der Waals surface area contributed by atoms with E-state index in [4.69, 9.17) is 23.8 Å². The van der Waals surface area contributed by atoms with Crippen molar-refractivity contribution in [3.8, 4) is 0 Å². The average molecular weight is 388 g/mol. The summed E-state index contributed by atoms with van der Waals surface area (Å²) < 4.78 is 0. The number of benzene rings is 2. The fourth-order valence-corrected chi connectivity index (χ4v) is 2.78. The number of halogens is 1. The summed E-state index contributed by atoms with van der Waals surface area (Å²) in [5, 5.41) is 9.15. The Bertz CT molecular complexity index is 881. The molecule has 0 radical (unpaired) electrons. The molecule has 3 N–H and O–H groups in total. The molecular formula is C19H18ClN3O2S. The lowest BCUT2D eigenvalue weighted by Gasteiger charge is -2.13. The highest BCUT2D eigenvalue weighted by Crippen LogP contribution is 2.31. The molecule has 1 aliphatic carbocycles. The number of nitrogens with one attached hydrogen (secondary N) is 3. The number of rotatable bonds is 4. The molecule has 7 heteroatoms. The number of aryl methyl sites for hydroxylation is 1. The summed E-state index contributed by atoms with van der Waals surface area (Å²) in [6.45, 7) is 1.92. The summed E-state index contributed by atoms with van der Waals surface area (Å²) in [6, 6.07) is 12.1. The van der Waals surface area contributed by atoms with Crippen molar-refractivity contribution in [1.82, 2.24) is 5.32 Å². The standard InChI is InChI=1S/C19H18ClN3O2S/c1-11-5-8-15(10-16(11)22-17(24)12-6-7-12)21-19(26)23-18(25)13-3-2-4-14(20)9-13/h2-5,8-10,12H,6-7H2,1H3,(H,22,24)(H2,21,23,25,26). The molecule has 26 heavy (non-hydrogen) atoms. The van der Waals surface area contributed by atoms with Gasteiger partial charge in [-0.3, -0.25) is 14.9 Å². The maximum absolute atomic E-state index is 12.2. The smallest absolute Gasteiger partial charge is 0.257 e. The first-order valence-corrected chi connectivity index (χ1v) is 9.00. The summed E-state index contributed by atoms with van der Waals surface area (Å²) in [7, 11) is 0. The van der Waals surface area contributed by atoms with Crippen LogP contribution >= 0.6 is 23.8 Å². The van der Waals surface area contributed by atoms with E-state index in [1.165, 1.54) is 0 Å². The number of anilines is 2. The van der Waals surface area contributed by atoms with Gasteiger partial charge in [-0.15, -0.1) is 0 Å². The summed E-state index contributed by atoms with van der Waals surface area (Å²) in [4.78, 5) is 24.2. The van der Waals surface area contributed by atoms with Gasteiger partial charge in [-0.25, -0.2) is 0 Å². The summed E-state index contributed by atoms with van der Waals surface area (Å²) in [6.07, 6.45) is 1.89. The molecule has 0 saturated heterocycles. The minimum absolute atomic E-state index is 0.0436. The van der Waals surface area contributed by atoms with Crippen LogP contribution in [0.5, 0.6) is 0 Å². The molecule has 1 fully saturated rings. The Morgan fingerprint density at radius 2 is 1.88 bits per heavy atom. The second-order valence-corrected chi connectivity index (χ2v) is 7.06. The Morgan fingerprint density at radius 3 is 2.58 bits per heavy atom. The summed E-state index contributed by atoms with van der Waals surface area (Å²) >= 11 is 11.1. The van der Waals surface area contributed by atoms with E-state index >= 15 is 0 Å². The molecule has 1 aliphatic rings. The zero-order valence-corrected chi connectivity index (χ0v) is 15.7. The van der Waals surface area contributed by atoms with Crippen LogP contribution in [0.4, 0.5) is 11.4 Å². The second-order valence-electron chi connectivity index (χ2n) is 6.21. The van der Waals surface area contributed by atoms with Crippen LogP contribution in [0.25, 0.3) is 0 Å². The van der Waals surface area contributed by atoms with Gasteiger partial charge in [-0.1, -0.05) is 23.7 Å². The van der Waals surface area contributed by atoms with Crippen LogP contribution in [0.15, 0.2) is 42.5 Å². The highest BCUT2D eigenvalue weighted by molar-refractivity contribution is 7.80. The van der Waals surface area contributed by atoms with Crippen LogP contribution in [-0.2, 0) is 4.79 Å². The van der Waals surface area contributed by atoms with Gasteiger partial charge in [0.05, 0.1) is 0 Å². The monoisotopic (exact) mass is 387 g/mol. The van der Waals surface area contributed by atoms with Gasteiger partial charge in [-0.05, 0) is 67.9 Å². The van der Waals surface area contributed by atoms with Crippen molar-refractivity contribution in [2.45, 2.75) is 19.8 Å². The number of thiocarbonyl (C=S) groups is 1. The van der Waals surface area contributed by atoms with Crippen molar-refractivity contribution in [2.24, 2.45) is 5.92 Å². The van der Waals surface area contributed by atoms with Crippen LogP contribution in [0.1, 0.15) is 28.8 Å². The molecule has 2 amide bonds.